The molecular formula is C12H18N2O4. The van der Waals surface area contributed by atoms with Crippen molar-refractivity contribution >= 4 is 11.8 Å². The summed E-state index contributed by atoms with van der Waals surface area (Å²) in [6.45, 7) is 0.777. The van der Waals surface area contributed by atoms with Gasteiger partial charge in [-0.25, -0.2) is 9.78 Å². The van der Waals surface area contributed by atoms with Crippen molar-refractivity contribution in [1.29, 1.82) is 0 Å². The van der Waals surface area contributed by atoms with Gasteiger partial charge in [0, 0.05) is 19.9 Å². The number of aromatic nitrogens is 1. The van der Waals surface area contributed by atoms with Crippen molar-refractivity contribution < 1.29 is 19.4 Å². The Morgan fingerprint density at radius 3 is 3.00 bits per heavy atom. The minimum atomic E-state index is -0.534. The number of ether oxygens (including phenoxy) is 2. The second-order valence-electron chi connectivity index (χ2n) is 3.72. The number of hydrogen-bond donors (Lipinski definition) is 2. The van der Waals surface area contributed by atoms with Crippen molar-refractivity contribution in [2.45, 2.75) is 12.5 Å². The topological polar surface area (TPSA) is 80.7 Å². The van der Waals surface area contributed by atoms with Crippen LogP contribution in [0.1, 0.15) is 16.8 Å². The highest BCUT2D eigenvalue weighted by atomic mass is 16.5. The number of carbonyl (C=O) groups excluding carboxylic acids is 1. The van der Waals surface area contributed by atoms with Crippen molar-refractivity contribution in [3.8, 4) is 0 Å². The molecule has 1 rings (SSSR count). The van der Waals surface area contributed by atoms with Gasteiger partial charge in [-0.05, 0) is 18.6 Å². The highest BCUT2D eigenvalue weighted by Crippen LogP contribution is 2.12. The van der Waals surface area contributed by atoms with E-state index in [1.165, 1.54) is 14.2 Å². The highest BCUT2D eigenvalue weighted by Gasteiger charge is 2.12. The van der Waals surface area contributed by atoms with Gasteiger partial charge in [-0.15, -0.1) is 0 Å². The minimum Gasteiger partial charge on any atom is -0.465 e. The first kappa shape index (κ1) is 14.4. The molecule has 6 heteroatoms. The SMILES string of the molecule is COCC(O)CCNc1ncccc1C(=O)OC. The molecule has 0 fully saturated rings. The Morgan fingerprint density at radius 1 is 1.56 bits per heavy atom. The summed E-state index contributed by atoms with van der Waals surface area (Å²) >= 11 is 0. The number of pyridine rings is 1. The molecule has 1 unspecified atom stereocenters. The number of aliphatic hydroxyl groups is 1. The van der Waals surface area contributed by atoms with E-state index in [1.807, 2.05) is 0 Å². The molecule has 0 aliphatic rings. The van der Waals surface area contributed by atoms with Crippen molar-refractivity contribution in [3.63, 3.8) is 0 Å². The van der Waals surface area contributed by atoms with Gasteiger partial charge < -0.3 is 19.9 Å². The second kappa shape index (κ2) is 7.62. The van der Waals surface area contributed by atoms with Crippen LogP contribution >= 0.6 is 0 Å². The van der Waals surface area contributed by atoms with Crippen LogP contribution < -0.4 is 5.32 Å². The Labute approximate surface area is 106 Å². The summed E-state index contributed by atoms with van der Waals surface area (Å²) in [6.07, 6.45) is 1.55. The summed E-state index contributed by atoms with van der Waals surface area (Å²) < 4.78 is 9.47. The van der Waals surface area contributed by atoms with Crippen LogP contribution in [0, 0.1) is 0 Å². The maximum atomic E-state index is 11.5. The zero-order chi connectivity index (χ0) is 13.4. The van der Waals surface area contributed by atoms with E-state index in [1.54, 1.807) is 18.3 Å². The molecule has 0 aliphatic heterocycles. The van der Waals surface area contributed by atoms with Crippen LogP contribution in [0.3, 0.4) is 0 Å². The fraction of sp³-hybridized carbons (Fsp3) is 0.500. The van der Waals surface area contributed by atoms with Crippen LogP contribution in [0.2, 0.25) is 0 Å². The number of nitrogens with one attached hydrogen (secondary N) is 1. The number of aliphatic hydroxyl groups excluding tert-OH is 1. The van der Waals surface area contributed by atoms with Gasteiger partial charge in [0.15, 0.2) is 0 Å². The van der Waals surface area contributed by atoms with Crippen LogP contribution in [-0.2, 0) is 9.47 Å². The van der Waals surface area contributed by atoms with E-state index in [0.29, 0.717) is 24.3 Å². The van der Waals surface area contributed by atoms with Crippen molar-refractivity contribution in [2.75, 3.05) is 32.7 Å². The Hall–Kier alpha value is -1.66. The summed E-state index contributed by atoms with van der Waals surface area (Å²) in [6, 6.07) is 3.30. The summed E-state index contributed by atoms with van der Waals surface area (Å²) in [5, 5.41) is 12.5. The molecule has 1 heterocycles. The number of anilines is 1. The Kier molecular flexibility index (Phi) is 6.10. The molecule has 0 amide bonds. The van der Waals surface area contributed by atoms with Gasteiger partial charge >= 0.3 is 5.97 Å². The summed E-state index contributed by atoms with van der Waals surface area (Å²) in [5.74, 6) is 0.0111. The van der Waals surface area contributed by atoms with E-state index >= 15 is 0 Å². The average molecular weight is 254 g/mol. The van der Waals surface area contributed by atoms with Crippen LogP contribution in [0.5, 0.6) is 0 Å². The van der Waals surface area contributed by atoms with Crippen molar-refractivity contribution in [3.05, 3.63) is 23.9 Å². The Morgan fingerprint density at radius 2 is 2.33 bits per heavy atom. The smallest absolute Gasteiger partial charge is 0.341 e. The molecule has 6 nitrogen and oxygen atoms in total. The van der Waals surface area contributed by atoms with E-state index in [-0.39, 0.29) is 6.61 Å². The molecule has 18 heavy (non-hydrogen) atoms. The number of methoxy groups -OCH3 is 2. The highest BCUT2D eigenvalue weighted by molar-refractivity contribution is 5.94. The molecule has 1 aromatic heterocycles. The molecule has 100 valence electrons. The predicted octanol–water partition coefficient (Wildman–Crippen LogP) is 0.677. The largest absolute Gasteiger partial charge is 0.465 e. The molecule has 0 bridgehead atoms. The van der Waals surface area contributed by atoms with Crippen LogP contribution in [-0.4, -0.2) is 49.5 Å². The second-order valence-corrected chi connectivity index (χ2v) is 3.72. The third kappa shape index (κ3) is 4.31. The number of rotatable bonds is 7. The van der Waals surface area contributed by atoms with Gasteiger partial charge in [0.1, 0.15) is 11.4 Å². The summed E-state index contributed by atoms with van der Waals surface area (Å²) in [5.41, 5.74) is 0.376. The van der Waals surface area contributed by atoms with Gasteiger partial charge in [0.05, 0.1) is 19.8 Å². The molecule has 0 radical (unpaired) electrons. The lowest BCUT2D eigenvalue weighted by Crippen LogP contribution is -2.19. The molecule has 0 aliphatic carbocycles. The molecule has 1 atom stereocenters. The third-order valence-electron chi connectivity index (χ3n) is 2.34. The van der Waals surface area contributed by atoms with Crippen LogP contribution in [0.4, 0.5) is 5.82 Å². The van der Waals surface area contributed by atoms with Gasteiger partial charge in [0.25, 0.3) is 0 Å². The number of esters is 1. The molecule has 1 aromatic rings. The minimum absolute atomic E-state index is 0.285. The van der Waals surface area contributed by atoms with Gasteiger partial charge in [-0.2, -0.15) is 0 Å². The van der Waals surface area contributed by atoms with E-state index < -0.39 is 12.1 Å². The van der Waals surface area contributed by atoms with Gasteiger partial charge in [-0.3, -0.25) is 0 Å². The van der Waals surface area contributed by atoms with Crippen molar-refractivity contribution in [1.82, 2.24) is 4.98 Å². The van der Waals surface area contributed by atoms with Gasteiger partial charge in [0.2, 0.25) is 0 Å². The van der Waals surface area contributed by atoms with Gasteiger partial charge in [-0.1, -0.05) is 0 Å². The summed E-state index contributed by atoms with van der Waals surface area (Å²) in [7, 11) is 2.85. The van der Waals surface area contributed by atoms with E-state index in [2.05, 4.69) is 15.0 Å². The number of nitrogens with zero attached hydrogens (tertiary/aromatic N) is 1. The number of carbonyl (C=O) groups is 1. The first-order valence-corrected chi connectivity index (χ1v) is 5.63. The first-order chi connectivity index (χ1) is 8.69. The molecule has 0 saturated heterocycles. The lowest BCUT2D eigenvalue weighted by Gasteiger charge is -2.12. The quantitative estimate of drug-likeness (QED) is 0.696. The molecule has 2 N–H and O–H groups in total. The third-order valence-corrected chi connectivity index (χ3v) is 2.34. The predicted molar refractivity (Wildman–Crippen MR) is 66.6 cm³/mol. The fourth-order valence-electron chi connectivity index (χ4n) is 1.45. The van der Waals surface area contributed by atoms with E-state index in [0.717, 1.165) is 0 Å². The Bertz CT molecular complexity index is 384. The molecule has 0 aromatic carbocycles. The lowest BCUT2D eigenvalue weighted by molar-refractivity contribution is 0.0601. The molecular weight excluding hydrogens is 236 g/mol. The lowest BCUT2D eigenvalue weighted by atomic mass is 10.2. The normalized spacial score (nSPS) is 11.9. The van der Waals surface area contributed by atoms with Crippen molar-refractivity contribution in [2.24, 2.45) is 0 Å². The maximum absolute atomic E-state index is 11.5. The Balaban J connectivity index is 2.54. The first-order valence-electron chi connectivity index (χ1n) is 5.63. The average Bonchev–Trinajstić information content (AvgIpc) is 2.39. The van der Waals surface area contributed by atoms with E-state index in [9.17, 15) is 9.90 Å². The van der Waals surface area contributed by atoms with Crippen LogP contribution in [0.25, 0.3) is 0 Å². The maximum Gasteiger partial charge on any atom is 0.341 e. The zero-order valence-corrected chi connectivity index (χ0v) is 10.5. The summed E-state index contributed by atoms with van der Waals surface area (Å²) in [4.78, 5) is 15.5. The van der Waals surface area contributed by atoms with E-state index in [4.69, 9.17) is 4.74 Å². The monoisotopic (exact) mass is 254 g/mol. The van der Waals surface area contributed by atoms with Crippen LogP contribution in [0.15, 0.2) is 18.3 Å². The fourth-order valence-corrected chi connectivity index (χ4v) is 1.45. The number of hydrogen-bond acceptors (Lipinski definition) is 6. The zero-order valence-electron chi connectivity index (χ0n) is 10.5. The standard InChI is InChI=1S/C12H18N2O4/c1-17-8-9(15)5-7-14-11-10(12(16)18-2)4-3-6-13-11/h3-4,6,9,15H,5,7-8H2,1-2H3,(H,13,14). The molecule has 0 spiro atoms. The molecule has 0 saturated carbocycles.